The number of ether oxygens (including phenoxy) is 1. The lowest BCUT2D eigenvalue weighted by Crippen LogP contribution is -2.40. The number of aryl methyl sites for hydroxylation is 3. The van der Waals surface area contributed by atoms with Crippen LogP contribution >= 0.6 is 11.6 Å². The summed E-state index contributed by atoms with van der Waals surface area (Å²) in [6.07, 6.45) is 1.41. The molecule has 0 fully saturated rings. The summed E-state index contributed by atoms with van der Waals surface area (Å²) in [5, 5.41) is 7.08. The van der Waals surface area contributed by atoms with Crippen LogP contribution in [0.25, 0.3) is 0 Å². The third-order valence-electron chi connectivity index (χ3n) is 6.32. The Morgan fingerprint density at radius 3 is 2.14 bits per heavy atom. The van der Waals surface area contributed by atoms with Crippen LogP contribution < -0.4 is 19.8 Å². The number of carbonyl (C=O) groups excluding carboxylic acids is 2. The molecule has 4 aromatic rings. The Labute approximate surface area is 256 Å². The Bertz CT molecular complexity index is 1720. The summed E-state index contributed by atoms with van der Waals surface area (Å²) in [4.78, 5) is 25.1. The number of sulfonamides is 1. The molecule has 222 valence electrons. The van der Waals surface area contributed by atoms with Crippen molar-refractivity contribution < 1.29 is 22.7 Å². The number of nitrogens with zero attached hydrogens (tertiary/aromatic N) is 2. The Hall–Kier alpha value is -4.67. The molecule has 0 saturated heterocycles. The van der Waals surface area contributed by atoms with Gasteiger partial charge in [-0.3, -0.25) is 13.9 Å². The van der Waals surface area contributed by atoms with E-state index in [2.05, 4.69) is 15.8 Å². The second kappa shape index (κ2) is 14.0. The van der Waals surface area contributed by atoms with Crippen LogP contribution in [0.15, 0.2) is 101 Å². The normalized spacial score (nSPS) is 11.3. The van der Waals surface area contributed by atoms with Crippen LogP contribution in [-0.2, 0) is 19.6 Å². The highest BCUT2D eigenvalue weighted by atomic mass is 35.5. The van der Waals surface area contributed by atoms with Gasteiger partial charge in [-0.05, 0) is 92.6 Å². The third kappa shape index (κ3) is 8.67. The minimum atomic E-state index is -4.10. The van der Waals surface area contributed by atoms with Gasteiger partial charge in [0.2, 0.25) is 0 Å². The second-order valence-corrected chi connectivity index (χ2v) is 12.1. The zero-order valence-electron chi connectivity index (χ0n) is 23.9. The molecule has 11 heteroatoms. The minimum Gasteiger partial charge on any atom is -0.484 e. The molecule has 2 amide bonds. The smallest absolute Gasteiger partial charge is 0.264 e. The average Bonchev–Trinajstić information content (AvgIpc) is 2.98. The van der Waals surface area contributed by atoms with E-state index in [-0.39, 0.29) is 23.1 Å². The number of halogens is 1. The van der Waals surface area contributed by atoms with Gasteiger partial charge in [-0.2, -0.15) is 5.10 Å². The van der Waals surface area contributed by atoms with Gasteiger partial charge in [0.25, 0.3) is 21.8 Å². The number of hydrogen-bond donors (Lipinski definition) is 2. The summed E-state index contributed by atoms with van der Waals surface area (Å²) in [5.74, 6) is -0.455. The molecule has 0 bridgehead atoms. The van der Waals surface area contributed by atoms with Crippen LogP contribution in [-0.4, -0.2) is 39.6 Å². The first-order valence-corrected chi connectivity index (χ1v) is 15.1. The topological polar surface area (TPSA) is 117 Å². The maximum absolute atomic E-state index is 13.6. The predicted molar refractivity (Wildman–Crippen MR) is 169 cm³/mol. The highest BCUT2D eigenvalue weighted by molar-refractivity contribution is 7.92. The summed E-state index contributed by atoms with van der Waals surface area (Å²) >= 11 is 6.18. The van der Waals surface area contributed by atoms with Gasteiger partial charge >= 0.3 is 0 Å². The highest BCUT2D eigenvalue weighted by Crippen LogP contribution is 2.29. The number of nitrogens with one attached hydrogen (secondary N) is 2. The number of amides is 2. The minimum absolute atomic E-state index is 0.0451. The van der Waals surface area contributed by atoms with Gasteiger partial charge in [-0.15, -0.1) is 0 Å². The summed E-state index contributed by atoms with van der Waals surface area (Å²) in [6, 6.07) is 25.4. The molecule has 0 aromatic heterocycles. The van der Waals surface area contributed by atoms with Gasteiger partial charge < -0.3 is 10.1 Å². The summed E-state index contributed by atoms with van der Waals surface area (Å²) in [5.41, 5.74) is 6.63. The maximum atomic E-state index is 13.6. The van der Waals surface area contributed by atoms with Crippen molar-refractivity contribution >= 4 is 51.0 Å². The predicted octanol–water partition coefficient (Wildman–Crippen LogP) is 5.63. The molecule has 0 unspecified atom stereocenters. The Morgan fingerprint density at radius 1 is 0.860 bits per heavy atom. The molecule has 0 aliphatic carbocycles. The largest absolute Gasteiger partial charge is 0.484 e. The molecule has 9 nitrogen and oxygen atoms in total. The van der Waals surface area contributed by atoms with E-state index in [4.69, 9.17) is 16.3 Å². The lowest BCUT2D eigenvalue weighted by atomic mass is 10.2. The number of benzene rings is 4. The van der Waals surface area contributed by atoms with Crippen LogP contribution in [0.3, 0.4) is 0 Å². The van der Waals surface area contributed by atoms with E-state index >= 15 is 0 Å². The van der Waals surface area contributed by atoms with Gasteiger partial charge in [0, 0.05) is 10.7 Å². The molecule has 0 atom stereocenters. The van der Waals surface area contributed by atoms with Gasteiger partial charge in [0.15, 0.2) is 6.61 Å². The monoisotopic (exact) mass is 618 g/mol. The second-order valence-electron chi connectivity index (χ2n) is 9.82. The summed E-state index contributed by atoms with van der Waals surface area (Å²) < 4.78 is 33.8. The van der Waals surface area contributed by atoms with E-state index < -0.39 is 22.5 Å². The number of anilines is 2. The number of hydrazone groups is 1. The molecule has 0 radical (unpaired) electrons. The van der Waals surface area contributed by atoms with Crippen LogP contribution in [0.2, 0.25) is 5.02 Å². The fraction of sp³-hybridized carbons (Fsp3) is 0.156. The molecule has 0 spiro atoms. The fourth-order valence-corrected chi connectivity index (χ4v) is 5.61. The van der Waals surface area contributed by atoms with Gasteiger partial charge in [-0.25, -0.2) is 13.8 Å². The zero-order chi connectivity index (χ0) is 31.0. The molecule has 0 heterocycles. The number of carbonyl (C=O) groups is 2. The van der Waals surface area contributed by atoms with Crippen molar-refractivity contribution in [1.82, 2.24) is 5.43 Å². The van der Waals surface area contributed by atoms with Crippen LogP contribution in [0.4, 0.5) is 11.4 Å². The van der Waals surface area contributed by atoms with Crippen LogP contribution in [0.1, 0.15) is 22.3 Å². The third-order valence-corrected chi connectivity index (χ3v) is 8.33. The summed E-state index contributed by atoms with van der Waals surface area (Å²) in [6.45, 7) is 4.88. The molecular formula is C32H31ClN4O5S. The molecule has 4 aromatic carbocycles. The molecular weight excluding hydrogens is 588 g/mol. The lowest BCUT2D eigenvalue weighted by molar-refractivity contribution is -0.119. The van der Waals surface area contributed by atoms with Crippen molar-refractivity contribution in [3.05, 3.63) is 118 Å². The van der Waals surface area contributed by atoms with Crippen molar-refractivity contribution in [2.75, 3.05) is 22.8 Å². The Morgan fingerprint density at radius 2 is 1.49 bits per heavy atom. The van der Waals surface area contributed by atoms with Crippen molar-refractivity contribution in [3.63, 3.8) is 0 Å². The Balaban J connectivity index is 1.37. The van der Waals surface area contributed by atoms with Gasteiger partial charge in [0.1, 0.15) is 12.3 Å². The molecule has 43 heavy (non-hydrogen) atoms. The van der Waals surface area contributed by atoms with E-state index in [0.29, 0.717) is 27.6 Å². The zero-order valence-corrected chi connectivity index (χ0v) is 25.4. The molecule has 0 aliphatic rings. The highest BCUT2D eigenvalue weighted by Gasteiger charge is 2.28. The molecule has 0 aliphatic heterocycles. The molecule has 2 N–H and O–H groups in total. The van der Waals surface area contributed by atoms with E-state index in [9.17, 15) is 18.0 Å². The van der Waals surface area contributed by atoms with Gasteiger partial charge in [-0.1, -0.05) is 53.1 Å². The van der Waals surface area contributed by atoms with Crippen molar-refractivity contribution in [2.24, 2.45) is 5.10 Å². The first kappa shape index (κ1) is 31.3. The fourth-order valence-electron chi connectivity index (χ4n) is 3.97. The molecule has 4 rings (SSSR count). The van der Waals surface area contributed by atoms with Crippen molar-refractivity contribution in [1.29, 1.82) is 0 Å². The first-order valence-electron chi connectivity index (χ1n) is 13.3. The summed E-state index contributed by atoms with van der Waals surface area (Å²) in [7, 11) is -4.10. The van der Waals surface area contributed by atoms with Crippen LogP contribution in [0, 0.1) is 20.8 Å². The van der Waals surface area contributed by atoms with E-state index in [1.807, 2.05) is 38.1 Å². The van der Waals surface area contributed by atoms with E-state index in [0.717, 1.165) is 15.4 Å². The van der Waals surface area contributed by atoms with E-state index in [1.165, 1.54) is 24.4 Å². The van der Waals surface area contributed by atoms with Gasteiger partial charge in [0.05, 0.1) is 16.8 Å². The number of hydrogen-bond acceptors (Lipinski definition) is 6. The quantitative estimate of drug-likeness (QED) is 0.167. The van der Waals surface area contributed by atoms with E-state index in [1.54, 1.807) is 55.5 Å². The Kier molecular flexibility index (Phi) is 10.2. The van der Waals surface area contributed by atoms with Crippen LogP contribution in [0.5, 0.6) is 5.75 Å². The van der Waals surface area contributed by atoms with Crippen molar-refractivity contribution in [3.8, 4) is 5.75 Å². The lowest BCUT2D eigenvalue weighted by Gasteiger charge is -2.25. The average molecular weight is 619 g/mol. The van der Waals surface area contributed by atoms with Crippen molar-refractivity contribution in [2.45, 2.75) is 25.7 Å². The molecule has 0 saturated carbocycles. The first-order chi connectivity index (χ1) is 20.5. The maximum Gasteiger partial charge on any atom is 0.264 e. The standard InChI is InChI=1S/C32H31ClN4O5S/c1-22-4-12-27(13-5-22)35-32(39)21-42-28-14-9-25(10-15-28)19-34-36-31(38)20-37(30-18-26(33)11-8-24(30)3)43(40,41)29-16-6-23(2)7-17-29/h4-19H,20-21H2,1-3H3,(H,35,39)(H,36,38)/b34-19-. The number of rotatable bonds is 11. The SMILES string of the molecule is Cc1ccc(NC(=O)COc2ccc(/C=N\NC(=O)CN(c3cc(Cl)ccc3C)S(=O)(=O)c3ccc(C)cc3)cc2)cc1.